The summed E-state index contributed by atoms with van der Waals surface area (Å²) in [5.74, 6) is -0.388. The van der Waals surface area contributed by atoms with Crippen LogP contribution in [0.2, 0.25) is 0 Å². The van der Waals surface area contributed by atoms with Gasteiger partial charge in [-0.1, -0.05) is 189 Å². The second-order valence-corrected chi connectivity index (χ2v) is 19.4. The van der Waals surface area contributed by atoms with Crippen LogP contribution >= 0.6 is 0 Å². The van der Waals surface area contributed by atoms with E-state index in [0.717, 1.165) is 96.3 Å². The maximum absolute atomic E-state index is 13.0. The van der Waals surface area contributed by atoms with Crippen molar-refractivity contribution in [2.45, 2.75) is 248 Å². The topological polar surface area (TPSA) is 214 Å². The number of carbonyl (C=O) groups excluding carboxylic acids is 1. The molecule has 2 rings (SSSR count). The lowest BCUT2D eigenvalue weighted by molar-refractivity contribution is -0.332. The molecule has 0 aromatic carbocycles. The van der Waals surface area contributed by atoms with Gasteiger partial charge in [-0.2, -0.15) is 0 Å². The molecule has 0 radical (unpaired) electrons. The Morgan fingerprint density at radius 2 is 0.890 bits per heavy atom. The second-order valence-electron chi connectivity index (χ2n) is 19.4. The van der Waals surface area contributed by atoms with Crippen LogP contribution in [0, 0.1) is 0 Å². The van der Waals surface area contributed by atoms with Crippen LogP contribution in [-0.2, 0) is 33.2 Å². The van der Waals surface area contributed by atoms with E-state index in [1.165, 1.54) is 57.8 Å². The van der Waals surface area contributed by atoms with E-state index in [4.69, 9.17) is 28.4 Å². The van der Waals surface area contributed by atoms with Crippen LogP contribution in [-0.4, -0.2) is 142 Å². The summed E-state index contributed by atoms with van der Waals surface area (Å²) in [5, 5.41) is 72.2. The highest BCUT2D eigenvalue weighted by molar-refractivity contribution is 5.69. The van der Waals surface area contributed by atoms with Gasteiger partial charge in [-0.15, -0.1) is 0 Å². The van der Waals surface area contributed by atoms with E-state index >= 15 is 0 Å². The largest absolute Gasteiger partial charge is 0.457 e. The molecule has 11 atom stereocenters. The summed E-state index contributed by atoms with van der Waals surface area (Å²) in [6, 6.07) is 0. The Kier molecular flexibility index (Phi) is 41.2. The zero-order valence-electron chi connectivity index (χ0n) is 44.8. The van der Waals surface area contributed by atoms with Crippen LogP contribution in [0.25, 0.3) is 0 Å². The molecule has 11 unspecified atom stereocenters. The molecule has 2 fully saturated rings. The highest BCUT2D eigenvalue weighted by Crippen LogP contribution is 2.26. The van der Waals surface area contributed by atoms with E-state index in [-0.39, 0.29) is 25.6 Å². The minimum atomic E-state index is -1.71. The van der Waals surface area contributed by atoms with Gasteiger partial charge in [0.2, 0.25) is 0 Å². The standard InChI is InChI=1S/C59H100O14/c1-3-5-7-9-11-13-15-17-18-19-20-21-22-23-24-25-26-27-28-29-31-33-35-37-39-41-43-68-45-48(71-51(61)42-40-38-36-34-32-30-16-14-12-10-8-6-4-2)46-69-58-57(67)55(65)53(63)50(73-58)47-70-59-56(66)54(64)52(62)49(44-60)72-59/h5,7,11,13,17-18,20-21,23-24,26-27,29,31,48-50,52-60,62-67H,3-4,6,8-10,12,14-16,19,22,25,28,30,32-47H2,1-2H3/b7-5-,13-11-,18-17-,21-20-,24-23-,27-26-,31-29-. The molecule has 0 aliphatic carbocycles. The van der Waals surface area contributed by atoms with Crippen LogP contribution < -0.4 is 0 Å². The van der Waals surface area contributed by atoms with Gasteiger partial charge in [-0.25, -0.2) is 0 Å². The van der Waals surface area contributed by atoms with Crippen molar-refractivity contribution in [2.24, 2.45) is 0 Å². The van der Waals surface area contributed by atoms with Crippen molar-refractivity contribution in [1.82, 2.24) is 0 Å². The number of rotatable bonds is 44. The summed E-state index contributed by atoms with van der Waals surface area (Å²) in [6.45, 7) is 3.50. The minimum absolute atomic E-state index is 0.0410. The van der Waals surface area contributed by atoms with Crippen molar-refractivity contribution in [3.05, 3.63) is 85.1 Å². The highest BCUT2D eigenvalue weighted by Gasteiger charge is 2.47. The smallest absolute Gasteiger partial charge is 0.306 e. The molecule has 73 heavy (non-hydrogen) atoms. The van der Waals surface area contributed by atoms with Gasteiger partial charge in [0.25, 0.3) is 0 Å². The van der Waals surface area contributed by atoms with Gasteiger partial charge in [-0.3, -0.25) is 4.79 Å². The predicted octanol–water partition coefficient (Wildman–Crippen LogP) is 9.63. The molecule has 0 aromatic heterocycles. The molecule has 7 N–H and O–H groups in total. The monoisotopic (exact) mass is 1030 g/mol. The molecule has 2 aliphatic rings. The molecule has 14 nitrogen and oxygen atoms in total. The number of carbonyl (C=O) groups is 1. The van der Waals surface area contributed by atoms with Crippen LogP contribution in [0.3, 0.4) is 0 Å². The van der Waals surface area contributed by atoms with Crippen molar-refractivity contribution in [3.63, 3.8) is 0 Å². The van der Waals surface area contributed by atoms with E-state index in [9.17, 15) is 40.5 Å². The first-order chi connectivity index (χ1) is 35.6. The Morgan fingerprint density at radius 1 is 0.466 bits per heavy atom. The Labute approximate surface area is 439 Å². The molecule has 0 spiro atoms. The van der Waals surface area contributed by atoms with Crippen molar-refractivity contribution >= 4 is 5.97 Å². The van der Waals surface area contributed by atoms with Crippen molar-refractivity contribution in [3.8, 4) is 0 Å². The lowest BCUT2D eigenvalue weighted by Crippen LogP contribution is -2.61. The van der Waals surface area contributed by atoms with Gasteiger partial charge in [0.15, 0.2) is 12.6 Å². The summed E-state index contributed by atoms with van der Waals surface area (Å²) in [4.78, 5) is 13.0. The summed E-state index contributed by atoms with van der Waals surface area (Å²) >= 11 is 0. The lowest BCUT2D eigenvalue weighted by Gasteiger charge is -2.42. The van der Waals surface area contributed by atoms with E-state index in [0.29, 0.717) is 13.0 Å². The predicted molar refractivity (Wildman–Crippen MR) is 288 cm³/mol. The third-order valence-corrected chi connectivity index (χ3v) is 12.9. The van der Waals surface area contributed by atoms with Crippen LogP contribution in [0.1, 0.15) is 181 Å². The van der Waals surface area contributed by atoms with E-state index < -0.39 is 80.7 Å². The average Bonchev–Trinajstić information content (AvgIpc) is 3.39. The number of unbranched alkanes of at least 4 members (excludes halogenated alkanes) is 16. The number of aliphatic hydroxyl groups excluding tert-OH is 7. The number of hydrogen-bond acceptors (Lipinski definition) is 14. The van der Waals surface area contributed by atoms with Gasteiger partial charge in [-0.05, 0) is 70.6 Å². The molecular formula is C59H100O14. The molecule has 2 aliphatic heterocycles. The quantitative estimate of drug-likeness (QED) is 0.0172. The normalized spacial score (nSPS) is 25.6. The molecule has 0 aromatic rings. The summed E-state index contributed by atoms with van der Waals surface area (Å²) in [6.07, 6.45) is 42.2. The van der Waals surface area contributed by atoms with Gasteiger partial charge in [0, 0.05) is 13.0 Å². The summed E-state index contributed by atoms with van der Waals surface area (Å²) in [7, 11) is 0. The Hall–Kier alpha value is -2.83. The maximum Gasteiger partial charge on any atom is 0.306 e. The number of ether oxygens (including phenoxy) is 6. The molecule has 14 heteroatoms. The first-order valence-electron chi connectivity index (χ1n) is 28.2. The average molecular weight is 1030 g/mol. The fourth-order valence-electron chi connectivity index (χ4n) is 8.38. The first-order valence-corrected chi connectivity index (χ1v) is 28.2. The zero-order chi connectivity index (χ0) is 53.0. The van der Waals surface area contributed by atoms with Crippen molar-refractivity contribution in [2.75, 3.05) is 33.0 Å². The summed E-state index contributed by atoms with van der Waals surface area (Å²) < 4.78 is 34.3. The number of hydrogen-bond donors (Lipinski definition) is 7. The van der Waals surface area contributed by atoms with Gasteiger partial charge in [0.05, 0.1) is 26.4 Å². The fourth-order valence-corrected chi connectivity index (χ4v) is 8.38. The lowest BCUT2D eigenvalue weighted by atomic mass is 9.98. The van der Waals surface area contributed by atoms with E-state index in [2.05, 4.69) is 98.9 Å². The molecule has 420 valence electrons. The molecule has 2 heterocycles. The van der Waals surface area contributed by atoms with E-state index in [1.54, 1.807) is 0 Å². The number of allylic oxidation sites excluding steroid dienone is 14. The second kappa shape index (κ2) is 45.4. The molecule has 0 amide bonds. The zero-order valence-corrected chi connectivity index (χ0v) is 44.8. The summed E-state index contributed by atoms with van der Waals surface area (Å²) in [5.41, 5.74) is 0. The highest BCUT2D eigenvalue weighted by atomic mass is 16.7. The Balaban J connectivity index is 1.72. The third-order valence-electron chi connectivity index (χ3n) is 12.9. The number of esters is 1. The first kappa shape index (κ1) is 66.3. The third kappa shape index (κ3) is 32.4. The van der Waals surface area contributed by atoms with Crippen molar-refractivity contribution < 1.29 is 69.0 Å². The van der Waals surface area contributed by atoms with Crippen molar-refractivity contribution in [1.29, 1.82) is 0 Å². The van der Waals surface area contributed by atoms with Gasteiger partial charge >= 0.3 is 5.97 Å². The molecule has 0 bridgehead atoms. The van der Waals surface area contributed by atoms with Crippen LogP contribution in [0.15, 0.2) is 85.1 Å². The van der Waals surface area contributed by atoms with E-state index in [1.807, 2.05) is 0 Å². The number of aliphatic hydroxyl groups is 7. The van der Waals surface area contributed by atoms with Gasteiger partial charge in [0.1, 0.15) is 54.9 Å². The Bertz CT molecular complexity index is 1530. The maximum atomic E-state index is 13.0. The Morgan fingerprint density at radius 3 is 1.40 bits per heavy atom. The van der Waals surface area contributed by atoms with Gasteiger partial charge < -0.3 is 64.2 Å². The molecule has 2 saturated heterocycles. The van der Waals surface area contributed by atoms with Crippen LogP contribution in [0.5, 0.6) is 0 Å². The fraction of sp³-hybridized carbons (Fsp3) is 0.746. The molecular weight excluding hydrogens is 933 g/mol. The molecule has 0 saturated carbocycles. The van der Waals surface area contributed by atoms with Crippen LogP contribution in [0.4, 0.5) is 0 Å². The SMILES string of the molecule is CC/C=C\C/C=C\C/C=C\C/C=C\C/C=C\C/C=C\C/C=C\CCCCCCOCC(COC1OC(COC2OC(CO)C(O)C(O)C2O)C(O)C(O)C1O)OC(=O)CCCCCCCCCCCCCCC. The minimum Gasteiger partial charge on any atom is -0.457 e.